The lowest BCUT2D eigenvalue weighted by Gasteiger charge is -2.36. The molecule has 1 N–H and O–H groups in total. The van der Waals surface area contributed by atoms with Gasteiger partial charge in [0.05, 0.1) is 11.9 Å². The van der Waals surface area contributed by atoms with Gasteiger partial charge in [-0.1, -0.05) is 30.3 Å². The Hall–Kier alpha value is -2.27. The zero-order valence-corrected chi connectivity index (χ0v) is 12.7. The van der Waals surface area contributed by atoms with Crippen molar-refractivity contribution < 1.29 is 4.79 Å². The van der Waals surface area contributed by atoms with Crippen molar-refractivity contribution in [2.75, 3.05) is 13.6 Å². The normalized spacial score (nSPS) is 21.7. The van der Waals surface area contributed by atoms with E-state index in [1.807, 2.05) is 18.2 Å². The summed E-state index contributed by atoms with van der Waals surface area (Å²) >= 11 is 0. The van der Waals surface area contributed by atoms with Crippen LogP contribution in [-0.2, 0) is 16.9 Å². The zero-order valence-electron chi connectivity index (χ0n) is 12.7. The molecule has 1 aromatic carbocycles. The minimum atomic E-state index is -0.723. The average molecular weight is 296 g/mol. The molecule has 2 heterocycles. The number of carbonyl (C=O) groups excluding carboxylic acids is 1. The lowest BCUT2D eigenvalue weighted by atomic mass is 9.90. The van der Waals surface area contributed by atoms with Gasteiger partial charge in [-0.3, -0.25) is 19.7 Å². The summed E-state index contributed by atoms with van der Waals surface area (Å²) in [6.07, 6.45) is 6.73. The number of hydrogen-bond acceptors (Lipinski definition) is 4. The van der Waals surface area contributed by atoms with Gasteiger partial charge in [-0.2, -0.15) is 0 Å². The number of amides is 1. The molecule has 1 aromatic heterocycles. The summed E-state index contributed by atoms with van der Waals surface area (Å²) in [7, 11) is 1.68. The molecule has 2 aromatic rings. The third kappa shape index (κ3) is 2.48. The zero-order chi connectivity index (χ0) is 15.4. The molecule has 5 heteroatoms. The summed E-state index contributed by atoms with van der Waals surface area (Å²) < 4.78 is 0. The molecule has 1 fully saturated rings. The van der Waals surface area contributed by atoms with E-state index < -0.39 is 5.54 Å². The van der Waals surface area contributed by atoms with Crippen LogP contribution in [0.4, 0.5) is 0 Å². The van der Waals surface area contributed by atoms with Gasteiger partial charge in [0.15, 0.2) is 0 Å². The number of likely N-dealkylation sites (tertiary alicyclic amines) is 1. The maximum absolute atomic E-state index is 12.7. The highest BCUT2D eigenvalue weighted by atomic mass is 16.2. The van der Waals surface area contributed by atoms with E-state index in [1.54, 1.807) is 25.6 Å². The number of nitrogens with zero attached hydrogens (tertiary/aromatic N) is 3. The highest BCUT2D eigenvalue weighted by Crippen LogP contribution is 2.39. The second-order valence-corrected chi connectivity index (χ2v) is 5.54. The van der Waals surface area contributed by atoms with Gasteiger partial charge >= 0.3 is 0 Å². The molecule has 22 heavy (non-hydrogen) atoms. The SMILES string of the molecule is CNC(=O)C1(c2cnccn2)CCCN1Cc1ccccc1. The molecular formula is C17H20N4O. The fourth-order valence-corrected chi connectivity index (χ4v) is 3.28. The molecule has 0 aliphatic carbocycles. The molecule has 0 saturated carbocycles. The predicted molar refractivity (Wildman–Crippen MR) is 83.9 cm³/mol. The van der Waals surface area contributed by atoms with Crippen LogP contribution in [0.25, 0.3) is 0 Å². The number of rotatable bonds is 4. The van der Waals surface area contributed by atoms with Gasteiger partial charge in [-0.15, -0.1) is 0 Å². The van der Waals surface area contributed by atoms with Gasteiger partial charge in [0.2, 0.25) is 5.91 Å². The van der Waals surface area contributed by atoms with Crippen molar-refractivity contribution in [3.63, 3.8) is 0 Å². The number of carbonyl (C=O) groups is 1. The first kappa shape index (κ1) is 14.7. The number of likely N-dealkylation sites (N-methyl/N-ethyl adjacent to an activating group) is 1. The van der Waals surface area contributed by atoms with Crippen molar-refractivity contribution in [1.29, 1.82) is 0 Å². The van der Waals surface area contributed by atoms with Crippen LogP contribution < -0.4 is 5.32 Å². The van der Waals surface area contributed by atoms with Crippen LogP contribution in [0.5, 0.6) is 0 Å². The van der Waals surface area contributed by atoms with Crippen LogP contribution in [-0.4, -0.2) is 34.4 Å². The molecule has 1 atom stereocenters. The molecule has 3 rings (SSSR count). The van der Waals surface area contributed by atoms with Crippen molar-refractivity contribution >= 4 is 5.91 Å². The summed E-state index contributed by atoms with van der Waals surface area (Å²) in [5.74, 6) is -0.0126. The second kappa shape index (κ2) is 6.23. The van der Waals surface area contributed by atoms with Crippen LogP contribution in [0, 0.1) is 0 Å². The molecule has 1 unspecified atom stereocenters. The first-order valence-corrected chi connectivity index (χ1v) is 7.55. The number of nitrogens with one attached hydrogen (secondary N) is 1. The Balaban J connectivity index is 1.99. The van der Waals surface area contributed by atoms with E-state index in [9.17, 15) is 4.79 Å². The molecular weight excluding hydrogens is 276 g/mol. The van der Waals surface area contributed by atoms with E-state index in [0.717, 1.165) is 31.6 Å². The molecule has 1 saturated heterocycles. The van der Waals surface area contributed by atoms with Crippen LogP contribution >= 0.6 is 0 Å². The highest BCUT2D eigenvalue weighted by molar-refractivity contribution is 5.87. The largest absolute Gasteiger partial charge is 0.357 e. The van der Waals surface area contributed by atoms with E-state index >= 15 is 0 Å². The van der Waals surface area contributed by atoms with Crippen molar-refractivity contribution in [2.24, 2.45) is 0 Å². The van der Waals surface area contributed by atoms with Crippen molar-refractivity contribution in [3.05, 3.63) is 60.2 Å². The highest BCUT2D eigenvalue weighted by Gasteiger charge is 2.49. The summed E-state index contributed by atoms with van der Waals surface area (Å²) in [4.78, 5) is 23.5. The Morgan fingerprint density at radius 3 is 2.82 bits per heavy atom. The van der Waals surface area contributed by atoms with Crippen LogP contribution in [0.15, 0.2) is 48.9 Å². The maximum atomic E-state index is 12.7. The summed E-state index contributed by atoms with van der Waals surface area (Å²) in [6.45, 7) is 1.60. The van der Waals surface area contributed by atoms with E-state index in [-0.39, 0.29) is 5.91 Å². The quantitative estimate of drug-likeness (QED) is 0.933. The maximum Gasteiger partial charge on any atom is 0.246 e. The predicted octanol–water partition coefficient (Wildman–Crippen LogP) is 1.71. The fraction of sp³-hybridized carbons (Fsp3) is 0.353. The topological polar surface area (TPSA) is 58.1 Å². The average Bonchev–Trinajstić information content (AvgIpc) is 3.00. The Labute approximate surface area is 130 Å². The fourth-order valence-electron chi connectivity index (χ4n) is 3.28. The van der Waals surface area contributed by atoms with Crippen molar-refractivity contribution in [1.82, 2.24) is 20.2 Å². The van der Waals surface area contributed by atoms with E-state index in [0.29, 0.717) is 0 Å². The monoisotopic (exact) mass is 296 g/mol. The van der Waals surface area contributed by atoms with E-state index in [1.165, 1.54) is 5.56 Å². The van der Waals surface area contributed by atoms with Gasteiger partial charge in [-0.25, -0.2) is 0 Å². The third-order valence-electron chi connectivity index (χ3n) is 4.31. The van der Waals surface area contributed by atoms with Gasteiger partial charge in [0.1, 0.15) is 5.54 Å². The van der Waals surface area contributed by atoms with Gasteiger partial charge in [0.25, 0.3) is 0 Å². The standard InChI is InChI=1S/C17H20N4O/c1-18-16(22)17(15-12-19-9-10-20-15)8-5-11-21(17)13-14-6-3-2-4-7-14/h2-4,6-7,9-10,12H,5,8,11,13H2,1H3,(H,18,22). The lowest BCUT2D eigenvalue weighted by molar-refractivity contribution is -0.132. The molecule has 1 aliphatic rings. The molecule has 0 spiro atoms. The van der Waals surface area contributed by atoms with Gasteiger partial charge in [0, 0.05) is 26.0 Å². The summed E-state index contributed by atoms with van der Waals surface area (Å²) in [5.41, 5.74) is 1.20. The first-order valence-electron chi connectivity index (χ1n) is 7.55. The van der Waals surface area contributed by atoms with Crippen LogP contribution in [0.3, 0.4) is 0 Å². The van der Waals surface area contributed by atoms with Crippen LogP contribution in [0.2, 0.25) is 0 Å². The summed E-state index contributed by atoms with van der Waals surface area (Å²) in [6, 6.07) is 10.2. The number of benzene rings is 1. The minimum Gasteiger partial charge on any atom is -0.357 e. The number of hydrogen-bond donors (Lipinski definition) is 1. The third-order valence-corrected chi connectivity index (χ3v) is 4.31. The smallest absolute Gasteiger partial charge is 0.246 e. The molecule has 5 nitrogen and oxygen atoms in total. The molecule has 0 radical (unpaired) electrons. The number of aromatic nitrogens is 2. The molecule has 0 bridgehead atoms. The van der Waals surface area contributed by atoms with Crippen LogP contribution in [0.1, 0.15) is 24.1 Å². The first-order chi connectivity index (χ1) is 10.8. The molecule has 1 aliphatic heterocycles. The van der Waals surface area contributed by atoms with Crippen molar-refractivity contribution in [2.45, 2.75) is 24.9 Å². The van der Waals surface area contributed by atoms with E-state index in [4.69, 9.17) is 0 Å². The lowest BCUT2D eigenvalue weighted by Crippen LogP contribution is -2.52. The molecule has 1 amide bonds. The van der Waals surface area contributed by atoms with Gasteiger partial charge < -0.3 is 5.32 Å². The minimum absolute atomic E-state index is 0.0126. The van der Waals surface area contributed by atoms with Gasteiger partial charge in [-0.05, 0) is 24.9 Å². The van der Waals surface area contributed by atoms with E-state index in [2.05, 4.69) is 32.3 Å². The Bertz CT molecular complexity index is 632. The molecule has 114 valence electrons. The van der Waals surface area contributed by atoms with Crippen molar-refractivity contribution in [3.8, 4) is 0 Å². The second-order valence-electron chi connectivity index (χ2n) is 5.54. The Morgan fingerprint density at radius 2 is 2.14 bits per heavy atom. The summed E-state index contributed by atoms with van der Waals surface area (Å²) in [5, 5.41) is 2.81. The Kier molecular flexibility index (Phi) is 4.15. The Morgan fingerprint density at radius 1 is 1.32 bits per heavy atom.